The van der Waals surface area contributed by atoms with E-state index < -0.39 is 0 Å². The molecule has 1 atom stereocenters. The van der Waals surface area contributed by atoms with Gasteiger partial charge in [0, 0.05) is 24.7 Å². The zero-order chi connectivity index (χ0) is 13.0. The van der Waals surface area contributed by atoms with Crippen molar-refractivity contribution < 1.29 is 4.79 Å². The van der Waals surface area contributed by atoms with Crippen LogP contribution in [0.4, 0.5) is 0 Å². The molecule has 0 saturated carbocycles. The summed E-state index contributed by atoms with van der Waals surface area (Å²) in [6.07, 6.45) is 2.00. The second kappa shape index (κ2) is 6.01. The van der Waals surface area contributed by atoms with E-state index >= 15 is 0 Å². The average Bonchev–Trinajstić information content (AvgIpc) is 2.39. The highest BCUT2D eigenvalue weighted by atomic mass is 16.2. The Morgan fingerprint density at radius 1 is 1.39 bits per heavy atom. The first-order chi connectivity index (χ1) is 8.72. The zero-order valence-electron chi connectivity index (χ0n) is 11.3. The number of carbonyl (C=O) groups excluding carboxylic acids is 1. The highest BCUT2D eigenvalue weighted by molar-refractivity contribution is 5.96. The predicted octanol–water partition coefficient (Wildman–Crippen LogP) is 2.07. The maximum Gasteiger partial charge on any atom is 0.254 e. The van der Waals surface area contributed by atoms with Gasteiger partial charge in [0.05, 0.1) is 0 Å². The molecule has 0 bridgehead atoms. The van der Waals surface area contributed by atoms with E-state index in [0.717, 1.165) is 38.0 Å². The fourth-order valence-corrected chi connectivity index (χ4v) is 2.49. The number of fused-ring (bicyclic) bond motifs is 1. The number of rotatable bonds is 5. The van der Waals surface area contributed by atoms with Crippen LogP contribution in [0.3, 0.4) is 0 Å². The fraction of sp³-hybridized carbons (Fsp3) is 0.533. The van der Waals surface area contributed by atoms with Crippen LogP contribution in [-0.4, -0.2) is 36.5 Å². The van der Waals surface area contributed by atoms with Gasteiger partial charge in [-0.05, 0) is 37.9 Å². The molecule has 0 fully saturated rings. The number of nitrogens with one attached hydrogen (secondary N) is 1. The molecule has 1 aromatic carbocycles. The van der Waals surface area contributed by atoms with Crippen LogP contribution in [0.2, 0.25) is 0 Å². The van der Waals surface area contributed by atoms with Crippen molar-refractivity contribution in [1.29, 1.82) is 0 Å². The minimum atomic E-state index is 0.195. The topological polar surface area (TPSA) is 32.3 Å². The Morgan fingerprint density at radius 2 is 2.17 bits per heavy atom. The largest absolute Gasteiger partial charge is 0.338 e. The van der Waals surface area contributed by atoms with Crippen molar-refractivity contribution >= 4 is 5.91 Å². The second-order valence-electron chi connectivity index (χ2n) is 4.95. The molecule has 1 unspecified atom stereocenters. The third-order valence-electron chi connectivity index (χ3n) is 3.57. The fourth-order valence-electron chi connectivity index (χ4n) is 2.49. The Labute approximate surface area is 109 Å². The highest BCUT2D eigenvalue weighted by Crippen LogP contribution is 2.18. The normalized spacial score (nSPS) is 16.6. The van der Waals surface area contributed by atoms with Crippen LogP contribution in [0.15, 0.2) is 24.3 Å². The summed E-state index contributed by atoms with van der Waals surface area (Å²) in [7, 11) is 0. The lowest BCUT2D eigenvalue weighted by atomic mass is 9.99. The Morgan fingerprint density at radius 3 is 2.94 bits per heavy atom. The van der Waals surface area contributed by atoms with Gasteiger partial charge in [-0.15, -0.1) is 0 Å². The van der Waals surface area contributed by atoms with E-state index in [-0.39, 0.29) is 5.91 Å². The molecule has 2 rings (SSSR count). The first kappa shape index (κ1) is 13.1. The summed E-state index contributed by atoms with van der Waals surface area (Å²) in [4.78, 5) is 14.3. The number of carbonyl (C=O) groups is 1. The van der Waals surface area contributed by atoms with Gasteiger partial charge in [-0.25, -0.2) is 0 Å². The quantitative estimate of drug-likeness (QED) is 0.862. The van der Waals surface area contributed by atoms with Crippen molar-refractivity contribution in [3.8, 4) is 0 Å². The molecule has 3 heteroatoms. The van der Waals surface area contributed by atoms with Gasteiger partial charge in [-0.1, -0.05) is 25.1 Å². The summed E-state index contributed by atoms with van der Waals surface area (Å²) < 4.78 is 0. The van der Waals surface area contributed by atoms with Gasteiger partial charge in [-0.3, -0.25) is 4.79 Å². The molecule has 1 amide bonds. The van der Waals surface area contributed by atoms with Crippen LogP contribution in [0.5, 0.6) is 0 Å². The van der Waals surface area contributed by atoms with Gasteiger partial charge in [0.2, 0.25) is 0 Å². The third kappa shape index (κ3) is 2.91. The molecule has 18 heavy (non-hydrogen) atoms. The van der Waals surface area contributed by atoms with Gasteiger partial charge >= 0.3 is 0 Å². The smallest absolute Gasteiger partial charge is 0.254 e. The Hall–Kier alpha value is -1.35. The molecule has 1 heterocycles. The van der Waals surface area contributed by atoms with E-state index in [4.69, 9.17) is 0 Å². The van der Waals surface area contributed by atoms with E-state index in [0.29, 0.717) is 6.04 Å². The molecular weight excluding hydrogens is 224 g/mol. The average molecular weight is 246 g/mol. The number of hydrogen-bond donors (Lipinski definition) is 1. The van der Waals surface area contributed by atoms with Crippen molar-refractivity contribution in [2.45, 2.75) is 32.7 Å². The van der Waals surface area contributed by atoms with Crippen LogP contribution in [-0.2, 0) is 6.42 Å². The first-order valence-electron chi connectivity index (χ1n) is 6.83. The van der Waals surface area contributed by atoms with Crippen molar-refractivity contribution in [1.82, 2.24) is 10.2 Å². The summed E-state index contributed by atoms with van der Waals surface area (Å²) >= 11 is 0. The Balaban J connectivity index is 1.95. The maximum atomic E-state index is 12.3. The van der Waals surface area contributed by atoms with Crippen molar-refractivity contribution in [2.24, 2.45) is 0 Å². The SMILES string of the molecule is CCNC(C)CCN1CCc2ccccc2C1=O. The lowest BCUT2D eigenvalue weighted by Gasteiger charge is -2.29. The summed E-state index contributed by atoms with van der Waals surface area (Å²) in [5.74, 6) is 0.195. The number of hydrogen-bond acceptors (Lipinski definition) is 2. The minimum absolute atomic E-state index is 0.195. The molecule has 98 valence electrons. The maximum absolute atomic E-state index is 12.3. The molecule has 1 N–H and O–H groups in total. The van der Waals surface area contributed by atoms with Crippen LogP contribution < -0.4 is 5.32 Å². The molecule has 0 radical (unpaired) electrons. The van der Waals surface area contributed by atoms with E-state index in [1.165, 1.54) is 5.56 Å². The van der Waals surface area contributed by atoms with Crippen molar-refractivity contribution in [2.75, 3.05) is 19.6 Å². The molecule has 0 aliphatic carbocycles. The molecule has 0 spiro atoms. The molecule has 3 nitrogen and oxygen atoms in total. The third-order valence-corrected chi connectivity index (χ3v) is 3.57. The van der Waals surface area contributed by atoms with Crippen molar-refractivity contribution in [3.05, 3.63) is 35.4 Å². The van der Waals surface area contributed by atoms with Crippen molar-refractivity contribution in [3.63, 3.8) is 0 Å². The van der Waals surface area contributed by atoms with E-state index in [1.54, 1.807) is 0 Å². The minimum Gasteiger partial charge on any atom is -0.338 e. The van der Waals surface area contributed by atoms with Gasteiger partial charge in [-0.2, -0.15) is 0 Å². The van der Waals surface area contributed by atoms with Crippen LogP contribution in [0.25, 0.3) is 0 Å². The van der Waals surface area contributed by atoms with E-state index in [9.17, 15) is 4.79 Å². The van der Waals surface area contributed by atoms with Crippen LogP contribution in [0.1, 0.15) is 36.2 Å². The molecular formula is C15H22N2O. The number of amides is 1. The summed E-state index contributed by atoms with van der Waals surface area (Å²) in [6.45, 7) is 6.97. The number of nitrogens with zero attached hydrogens (tertiary/aromatic N) is 1. The standard InChI is InChI=1S/C15H22N2O/c1-3-16-12(2)8-10-17-11-9-13-6-4-5-7-14(13)15(17)18/h4-7,12,16H,3,8-11H2,1-2H3. The summed E-state index contributed by atoms with van der Waals surface area (Å²) in [6, 6.07) is 8.43. The zero-order valence-corrected chi connectivity index (χ0v) is 11.3. The Kier molecular flexibility index (Phi) is 4.37. The first-order valence-corrected chi connectivity index (χ1v) is 6.83. The van der Waals surface area contributed by atoms with Crippen LogP contribution >= 0.6 is 0 Å². The van der Waals surface area contributed by atoms with E-state index in [1.807, 2.05) is 23.1 Å². The summed E-state index contributed by atoms with van der Waals surface area (Å²) in [5.41, 5.74) is 2.08. The lowest BCUT2D eigenvalue weighted by molar-refractivity contribution is 0.0734. The molecule has 1 aliphatic heterocycles. The molecule has 1 aliphatic rings. The predicted molar refractivity (Wildman–Crippen MR) is 73.8 cm³/mol. The number of benzene rings is 1. The highest BCUT2D eigenvalue weighted by Gasteiger charge is 2.23. The molecule has 0 aromatic heterocycles. The monoisotopic (exact) mass is 246 g/mol. The molecule has 1 aromatic rings. The van der Waals surface area contributed by atoms with Gasteiger partial charge in [0.15, 0.2) is 0 Å². The van der Waals surface area contributed by atoms with Gasteiger partial charge in [0.25, 0.3) is 5.91 Å². The molecule has 0 saturated heterocycles. The van der Waals surface area contributed by atoms with Gasteiger partial charge in [0.1, 0.15) is 0 Å². The van der Waals surface area contributed by atoms with E-state index in [2.05, 4.69) is 25.2 Å². The lowest BCUT2D eigenvalue weighted by Crippen LogP contribution is -2.40. The van der Waals surface area contributed by atoms with Gasteiger partial charge < -0.3 is 10.2 Å². The summed E-state index contributed by atoms with van der Waals surface area (Å²) in [5, 5.41) is 3.38. The second-order valence-corrected chi connectivity index (χ2v) is 4.95. The van der Waals surface area contributed by atoms with Crippen LogP contribution in [0, 0.1) is 0 Å². The Bertz CT molecular complexity index is 417.